The summed E-state index contributed by atoms with van der Waals surface area (Å²) < 4.78 is 123. The molecule has 4 saturated carbocycles. The number of carbonyl (C=O) groups is 3. The van der Waals surface area contributed by atoms with Gasteiger partial charge in [-0.05, 0) is 98.4 Å². The predicted octanol–water partition coefficient (Wildman–Crippen LogP) is 9.66. The number of fused-ring (bicyclic) bond motifs is 2. The first kappa shape index (κ1) is 40.1. The predicted molar refractivity (Wildman–Crippen MR) is 191 cm³/mol. The summed E-state index contributed by atoms with van der Waals surface area (Å²) in [7, 11) is 1.27. The maximum atomic E-state index is 15.4. The van der Waals surface area contributed by atoms with Gasteiger partial charge in [-0.15, -0.1) is 0 Å². The second kappa shape index (κ2) is 15.7. The number of hydrogen-bond acceptors (Lipinski definition) is 5. The first-order chi connectivity index (χ1) is 27.0. The third-order valence-corrected chi connectivity index (χ3v) is 11.3. The van der Waals surface area contributed by atoms with Gasteiger partial charge in [0.1, 0.15) is 17.4 Å². The number of allylic oxidation sites excluding steroid dienone is 1. The first-order valence-corrected chi connectivity index (χ1v) is 18.7. The van der Waals surface area contributed by atoms with Gasteiger partial charge in [-0.25, -0.2) is 13.6 Å². The fourth-order valence-electron chi connectivity index (χ4n) is 8.52. The van der Waals surface area contributed by atoms with E-state index in [-0.39, 0.29) is 46.0 Å². The number of alkyl carbamates (subject to hydrolysis) is 1. The molecule has 2 bridgehead atoms. The van der Waals surface area contributed by atoms with Crippen LogP contribution in [0.2, 0.25) is 0 Å². The van der Waals surface area contributed by atoms with Crippen molar-refractivity contribution in [1.82, 2.24) is 10.6 Å². The number of carbonyl (C=O) groups excluding carboxylic acids is 3. The molecule has 0 saturated heterocycles. The van der Waals surface area contributed by atoms with E-state index in [1.165, 1.54) is 25.3 Å². The molecule has 0 radical (unpaired) electrons. The van der Waals surface area contributed by atoms with Gasteiger partial charge in [-0.2, -0.15) is 26.3 Å². The summed E-state index contributed by atoms with van der Waals surface area (Å²) in [6.45, 7) is 0. The number of hydrogen-bond donors (Lipinski definition) is 3. The molecule has 0 spiro atoms. The Morgan fingerprint density at radius 2 is 1.51 bits per heavy atom. The van der Waals surface area contributed by atoms with Crippen LogP contribution in [-0.4, -0.2) is 43.3 Å². The lowest BCUT2D eigenvalue weighted by Gasteiger charge is -2.30. The van der Waals surface area contributed by atoms with E-state index < -0.39 is 71.1 Å². The number of amides is 3. The molecule has 8 nitrogen and oxygen atoms in total. The zero-order valence-electron chi connectivity index (χ0n) is 30.5. The minimum absolute atomic E-state index is 0.00929. The lowest BCUT2D eigenvalue weighted by atomic mass is 9.83. The fraction of sp³-hybridized carbons (Fsp3) is 0.439. The molecular formula is C41H39F8N3O5. The number of nitrogens with one attached hydrogen (secondary N) is 3. The monoisotopic (exact) mass is 805 g/mol. The molecular weight excluding hydrogens is 766 g/mol. The molecule has 3 N–H and O–H groups in total. The average molecular weight is 806 g/mol. The molecule has 4 aliphatic rings. The van der Waals surface area contributed by atoms with Gasteiger partial charge in [0.25, 0.3) is 5.91 Å². The van der Waals surface area contributed by atoms with Crippen molar-refractivity contribution in [2.24, 2.45) is 23.7 Å². The smallest absolute Gasteiger partial charge is 0.429 e. The Balaban J connectivity index is 1.17. The highest BCUT2D eigenvalue weighted by atomic mass is 19.4. The van der Waals surface area contributed by atoms with E-state index in [1.54, 1.807) is 0 Å². The van der Waals surface area contributed by atoms with Crippen LogP contribution in [0.1, 0.15) is 79.0 Å². The van der Waals surface area contributed by atoms with Gasteiger partial charge in [0, 0.05) is 34.8 Å². The SMILES string of the molecule is COc1ccc(-c2cc(C(OC(=O)NC3CCCC3)C(F)(F)F)ccc2F)cc1C(=O)NC1C2CCC(/C2=C/C2CC2)[C@@H]1C(=O)Nc1ccc(F)c(C(F)(F)F)c1. The number of ether oxygens (including phenoxy) is 2. The highest BCUT2D eigenvalue weighted by Crippen LogP contribution is 2.54. The van der Waals surface area contributed by atoms with Gasteiger partial charge in [0.05, 0.1) is 24.2 Å². The number of rotatable bonds is 10. The summed E-state index contributed by atoms with van der Waals surface area (Å²) in [6.07, 6.45) is -5.99. The summed E-state index contributed by atoms with van der Waals surface area (Å²) in [5, 5.41) is 7.85. The second-order valence-electron chi connectivity index (χ2n) is 15.1. The van der Waals surface area contributed by atoms with Crippen molar-refractivity contribution >= 4 is 23.6 Å². The lowest BCUT2D eigenvalue weighted by molar-refractivity contribution is -0.206. The summed E-state index contributed by atoms with van der Waals surface area (Å²) >= 11 is 0. The Kier molecular flexibility index (Phi) is 11.0. The third kappa shape index (κ3) is 8.59. The molecule has 7 rings (SSSR count). The molecule has 4 unspecified atom stereocenters. The van der Waals surface area contributed by atoms with E-state index in [1.807, 2.05) is 0 Å². The molecule has 0 aromatic heterocycles. The highest BCUT2D eigenvalue weighted by molar-refractivity contribution is 6.00. The molecule has 4 fully saturated rings. The largest absolute Gasteiger partial charge is 0.496 e. The maximum Gasteiger partial charge on any atom is 0.429 e. The van der Waals surface area contributed by atoms with Gasteiger partial charge in [-0.3, -0.25) is 9.59 Å². The first-order valence-electron chi connectivity index (χ1n) is 18.7. The van der Waals surface area contributed by atoms with Crippen molar-refractivity contribution in [3.8, 4) is 16.9 Å². The Morgan fingerprint density at radius 3 is 2.18 bits per heavy atom. The van der Waals surface area contributed by atoms with E-state index in [4.69, 9.17) is 9.47 Å². The summed E-state index contributed by atoms with van der Waals surface area (Å²) in [4.78, 5) is 40.5. The van der Waals surface area contributed by atoms with Crippen LogP contribution in [-0.2, 0) is 15.7 Å². The van der Waals surface area contributed by atoms with E-state index in [9.17, 15) is 45.1 Å². The van der Waals surface area contributed by atoms with Crippen LogP contribution >= 0.6 is 0 Å². The van der Waals surface area contributed by atoms with Crippen LogP contribution in [0.25, 0.3) is 11.1 Å². The average Bonchev–Trinajstić information content (AvgIpc) is 3.54. The minimum Gasteiger partial charge on any atom is -0.496 e. The number of benzene rings is 3. The van der Waals surface area contributed by atoms with E-state index >= 15 is 4.39 Å². The highest BCUT2D eigenvalue weighted by Gasteiger charge is 2.55. The second-order valence-corrected chi connectivity index (χ2v) is 15.1. The zero-order valence-corrected chi connectivity index (χ0v) is 30.5. The van der Waals surface area contributed by atoms with Crippen molar-refractivity contribution in [3.63, 3.8) is 0 Å². The lowest BCUT2D eigenvalue weighted by Crippen LogP contribution is -2.48. The molecule has 57 heavy (non-hydrogen) atoms. The fourth-order valence-corrected chi connectivity index (χ4v) is 8.52. The molecule has 304 valence electrons. The van der Waals surface area contributed by atoms with E-state index in [0.717, 1.165) is 55.5 Å². The molecule has 0 heterocycles. The Hall–Kier alpha value is -5.15. The molecule has 3 aromatic carbocycles. The summed E-state index contributed by atoms with van der Waals surface area (Å²) in [5.41, 5.74) is -1.89. The van der Waals surface area contributed by atoms with Crippen LogP contribution in [0.3, 0.4) is 0 Å². The van der Waals surface area contributed by atoms with Crippen LogP contribution in [0.15, 0.2) is 66.2 Å². The number of methoxy groups -OCH3 is 1. The van der Waals surface area contributed by atoms with Crippen molar-refractivity contribution in [3.05, 3.63) is 94.6 Å². The Labute approximate surface area is 322 Å². The molecule has 4 aliphatic carbocycles. The van der Waals surface area contributed by atoms with Gasteiger partial charge in [0.2, 0.25) is 12.0 Å². The van der Waals surface area contributed by atoms with Gasteiger partial charge >= 0.3 is 18.4 Å². The van der Waals surface area contributed by atoms with Crippen molar-refractivity contribution in [2.45, 2.75) is 81.9 Å². The maximum absolute atomic E-state index is 15.4. The summed E-state index contributed by atoms with van der Waals surface area (Å²) in [6, 6.07) is 7.45. The van der Waals surface area contributed by atoms with E-state index in [0.29, 0.717) is 43.7 Å². The van der Waals surface area contributed by atoms with Crippen LogP contribution < -0.4 is 20.7 Å². The standard InChI is InChI=1S/C41H39F8N3O5/c1-56-33-15-9-21(27-18-22(8-13-31(27)42)36(41(47,48)49)57-39(55)51-23-4-2-3-5-23)17-29(33)37(53)52-35-26-12-11-25(28(26)16-20-6-7-20)34(35)38(54)50-24-10-14-32(43)30(19-24)40(44,45)46/h8-10,13-20,23,25-26,34-36H,2-7,11-12H2,1H3,(H,50,54)(H,51,55)(H,52,53)/b28-16-/t25?,26?,34-,35?,36?/m0/s1. The van der Waals surface area contributed by atoms with Gasteiger partial charge < -0.3 is 25.4 Å². The van der Waals surface area contributed by atoms with Crippen LogP contribution in [0.5, 0.6) is 5.75 Å². The quantitative estimate of drug-likeness (QED) is 0.140. The van der Waals surface area contributed by atoms with Crippen molar-refractivity contribution in [2.75, 3.05) is 12.4 Å². The normalized spacial score (nSPS) is 23.4. The molecule has 3 amide bonds. The van der Waals surface area contributed by atoms with Gasteiger partial charge in [0.15, 0.2) is 0 Å². The number of alkyl halides is 6. The molecule has 0 aliphatic heterocycles. The van der Waals surface area contributed by atoms with E-state index in [2.05, 4.69) is 22.0 Å². The molecule has 5 atom stereocenters. The molecule has 16 heteroatoms. The Morgan fingerprint density at radius 1 is 0.807 bits per heavy atom. The number of anilines is 1. The zero-order chi connectivity index (χ0) is 40.8. The molecule has 3 aromatic rings. The van der Waals surface area contributed by atoms with Crippen LogP contribution in [0, 0.1) is 35.3 Å². The van der Waals surface area contributed by atoms with Crippen molar-refractivity contribution < 1.29 is 59.0 Å². The van der Waals surface area contributed by atoms with Gasteiger partial charge in [-0.1, -0.05) is 36.6 Å². The minimum atomic E-state index is -5.05. The van der Waals surface area contributed by atoms with Crippen LogP contribution in [0.4, 0.5) is 45.6 Å². The summed E-state index contributed by atoms with van der Waals surface area (Å²) in [5.74, 6) is -5.08. The third-order valence-electron chi connectivity index (χ3n) is 11.3. The Bertz CT molecular complexity index is 2080. The van der Waals surface area contributed by atoms with Crippen molar-refractivity contribution in [1.29, 1.82) is 0 Å². The topological polar surface area (TPSA) is 106 Å². The number of halogens is 8.